The molecule has 1 unspecified atom stereocenters. The van der Waals surface area contributed by atoms with Crippen LogP contribution in [0.15, 0.2) is 0 Å². The summed E-state index contributed by atoms with van der Waals surface area (Å²) in [4.78, 5) is 1.98. The first-order valence-corrected chi connectivity index (χ1v) is 6.29. The Morgan fingerprint density at radius 2 is 1.85 bits per heavy atom. The van der Waals surface area contributed by atoms with Crippen molar-refractivity contribution in [2.24, 2.45) is 0 Å². The van der Waals surface area contributed by atoms with Crippen molar-refractivity contribution in [3.05, 3.63) is 0 Å². The van der Waals surface area contributed by atoms with Crippen molar-refractivity contribution in [3.8, 4) is 0 Å². The summed E-state index contributed by atoms with van der Waals surface area (Å²) in [6.07, 6.45) is 0.439. The molecule has 0 aliphatic carbocycles. The van der Waals surface area contributed by atoms with Crippen LogP contribution in [0.5, 0.6) is 0 Å². The number of likely N-dealkylation sites (N-methyl/N-ethyl adjacent to an activating group) is 1. The fourth-order valence-electron chi connectivity index (χ4n) is 0.779. The van der Waals surface area contributed by atoms with Crippen molar-refractivity contribution >= 4 is 7.60 Å². The van der Waals surface area contributed by atoms with E-state index in [1.807, 2.05) is 32.8 Å². The molecule has 0 aromatic heterocycles. The highest BCUT2D eigenvalue weighted by atomic mass is 31.2. The van der Waals surface area contributed by atoms with Crippen LogP contribution in [0, 0.1) is 0 Å². The predicted molar refractivity (Wildman–Crippen MR) is 54.3 cm³/mol. The minimum absolute atomic E-state index is 0.438. The van der Waals surface area contributed by atoms with Crippen molar-refractivity contribution in [2.45, 2.75) is 13.8 Å². The van der Waals surface area contributed by atoms with Crippen LogP contribution in [0.2, 0.25) is 0 Å². The van der Waals surface area contributed by atoms with Crippen molar-refractivity contribution in [1.29, 1.82) is 0 Å². The molecule has 0 saturated carbocycles. The van der Waals surface area contributed by atoms with Gasteiger partial charge >= 0.3 is 7.60 Å². The van der Waals surface area contributed by atoms with Gasteiger partial charge in [0.15, 0.2) is 0 Å². The molecule has 0 heterocycles. The first-order chi connectivity index (χ1) is 6.04. The summed E-state index contributed by atoms with van der Waals surface area (Å²) in [6.45, 7) is 5.28. The Labute approximate surface area is 80.7 Å². The van der Waals surface area contributed by atoms with Gasteiger partial charge in [-0.1, -0.05) is 6.92 Å². The first kappa shape index (κ1) is 13.1. The van der Waals surface area contributed by atoms with Gasteiger partial charge in [0.25, 0.3) is 0 Å². The van der Waals surface area contributed by atoms with E-state index in [2.05, 4.69) is 0 Å². The zero-order chi connectivity index (χ0) is 10.3. The van der Waals surface area contributed by atoms with Crippen LogP contribution in [-0.2, 0) is 13.6 Å². The fourth-order valence-corrected chi connectivity index (χ4v) is 1.97. The Bertz CT molecular complexity index is 173. The number of hydrogen-bond acceptors (Lipinski definition) is 4. The van der Waals surface area contributed by atoms with Gasteiger partial charge < -0.3 is 13.9 Å². The quantitative estimate of drug-likeness (QED) is 0.599. The van der Waals surface area contributed by atoms with Crippen LogP contribution >= 0.6 is 7.60 Å². The smallest absolute Gasteiger partial charge is 0.309 e. The lowest BCUT2D eigenvalue weighted by Gasteiger charge is -2.17. The average molecular weight is 209 g/mol. The van der Waals surface area contributed by atoms with Crippen LogP contribution < -0.4 is 0 Å². The summed E-state index contributed by atoms with van der Waals surface area (Å²) in [5.41, 5.74) is 0. The van der Waals surface area contributed by atoms with Gasteiger partial charge in [0, 0.05) is 12.7 Å². The predicted octanol–water partition coefficient (Wildman–Crippen LogP) is 1.81. The van der Waals surface area contributed by atoms with Gasteiger partial charge in [-0.3, -0.25) is 4.57 Å². The second kappa shape index (κ2) is 6.55. The third-order valence-electron chi connectivity index (χ3n) is 1.54. The number of rotatable bonds is 7. The van der Waals surface area contributed by atoms with Gasteiger partial charge in [-0.15, -0.1) is 0 Å². The van der Waals surface area contributed by atoms with Gasteiger partial charge in [-0.2, -0.15) is 0 Å². The highest BCUT2D eigenvalue weighted by Gasteiger charge is 2.20. The minimum atomic E-state index is -2.78. The molecular weight excluding hydrogens is 189 g/mol. The maximum atomic E-state index is 11.7. The maximum Gasteiger partial charge on any atom is 0.330 e. The van der Waals surface area contributed by atoms with E-state index in [1.165, 1.54) is 0 Å². The average Bonchev–Trinajstić information content (AvgIpc) is 2.04. The highest BCUT2D eigenvalue weighted by molar-refractivity contribution is 7.53. The van der Waals surface area contributed by atoms with E-state index < -0.39 is 7.60 Å². The normalized spacial score (nSPS) is 16.1. The van der Waals surface area contributed by atoms with Crippen LogP contribution in [0.1, 0.15) is 13.8 Å². The Morgan fingerprint density at radius 1 is 1.23 bits per heavy atom. The van der Waals surface area contributed by atoms with Gasteiger partial charge in [0.05, 0.1) is 13.2 Å². The van der Waals surface area contributed by atoms with Gasteiger partial charge in [-0.05, 0) is 21.0 Å². The number of nitrogens with zero attached hydrogens (tertiary/aromatic N) is 1. The molecule has 5 heteroatoms. The summed E-state index contributed by atoms with van der Waals surface area (Å²) in [5.74, 6) is 0. The molecule has 1 atom stereocenters. The second-order valence-corrected chi connectivity index (χ2v) is 5.35. The third kappa shape index (κ3) is 6.22. The zero-order valence-corrected chi connectivity index (χ0v) is 9.84. The topological polar surface area (TPSA) is 38.8 Å². The van der Waals surface area contributed by atoms with Crippen LogP contribution in [0.4, 0.5) is 0 Å². The lowest BCUT2D eigenvalue weighted by Crippen LogP contribution is -2.18. The van der Waals surface area contributed by atoms with Gasteiger partial charge in [-0.25, -0.2) is 0 Å². The first-order valence-electron chi connectivity index (χ1n) is 4.57. The van der Waals surface area contributed by atoms with E-state index >= 15 is 0 Å². The van der Waals surface area contributed by atoms with Crippen LogP contribution in [0.3, 0.4) is 0 Å². The molecule has 13 heavy (non-hydrogen) atoms. The molecular formula is C8H20NO3P. The minimum Gasteiger partial charge on any atom is -0.309 e. The Balaban J connectivity index is 3.77. The molecule has 0 rings (SSSR count). The second-order valence-electron chi connectivity index (χ2n) is 2.98. The van der Waals surface area contributed by atoms with E-state index in [4.69, 9.17) is 9.05 Å². The zero-order valence-electron chi connectivity index (χ0n) is 8.95. The molecule has 0 aromatic carbocycles. The molecule has 0 fully saturated rings. The molecule has 0 N–H and O–H groups in total. The SMILES string of the molecule is CCOP(=O)(CC)OCCN(C)C. The van der Waals surface area contributed by atoms with Crippen LogP contribution in [-0.4, -0.2) is 44.9 Å². The summed E-state index contributed by atoms with van der Waals surface area (Å²) in [7, 11) is 1.11. The molecule has 0 spiro atoms. The molecule has 0 aliphatic rings. The largest absolute Gasteiger partial charge is 0.330 e. The van der Waals surface area contributed by atoms with E-state index in [-0.39, 0.29) is 0 Å². The summed E-state index contributed by atoms with van der Waals surface area (Å²) < 4.78 is 22.0. The number of hydrogen-bond donors (Lipinski definition) is 0. The molecule has 0 bridgehead atoms. The summed E-state index contributed by atoms with van der Waals surface area (Å²) in [5, 5.41) is 0. The molecule has 0 radical (unpaired) electrons. The molecule has 0 aliphatic heterocycles. The lowest BCUT2D eigenvalue weighted by atomic mass is 10.6. The monoisotopic (exact) mass is 209 g/mol. The summed E-state index contributed by atoms with van der Waals surface area (Å²) in [6, 6.07) is 0. The van der Waals surface area contributed by atoms with Crippen LogP contribution in [0.25, 0.3) is 0 Å². The third-order valence-corrected chi connectivity index (χ3v) is 3.54. The highest BCUT2D eigenvalue weighted by Crippen LogP contribution is 2.47. The van der Waals surface area contributed by atoms with E-state index in [0.717, 1.165) is 6.54 Å². The summed E-state index contributed by atoms with van der Waals surface area (Å²) >= 11 is 0. The van der Waals surface area contributed by atoms with E-state index in [1.54, 1.807) is 0 Å². The maximum absolute atomic E-state index is 11.7. The molecule has 4 nitrogen and oxygen atoms in total. The van der Waals surface area contributed by atoms with Crippen molar-refractivity contribution < 1.29 is 13.6 Å². The Kier molecular flexibility index (Phi) is 6.60. The Hall–Kier alpha value is 0.110. The standard InChI is InChI=1S/C8H20NO3P/c1-5-11-13(10,6-2)12-8-7-9(3)4/h5-8H2,1-4H3. The van der Waals surface area contributed by atoms with E-state index in [9.17, 15) is 4.57 Å². The fraction of sp³-hybridized carbons (Fsp3) is 1.00. The molecule has 0 aromatic rings. The molecule has 80 valence electrons. The molecule has 0 saturated heterocycles. The van der Waals surface area contributed by atoms with Crippen molar-refractivity contribution in [1.82, 2.24) is 4.90 Å². The van der Waals surface area contributed by atoms with E-state index in [0.29, 0.717) is 19.4 Å². The Morgan fingerprint density at radius 3 is 2.23 bits per heavy atom. The van der Waals surface area contributed by atoms with Gasteiger partial charge in [0.2, 0.25) is 0 Å². The lowest BCUT2D eigenvalue weighted by molar-refractivity contribution is 0.195. The molecule has 0 amide bonds. The van der Waals surface area contributed by atoms with Crippen molar-refractivity contribution in [3.63, 3.8) is 0 Å². The van der Waals surface area contributed by atoms with Crippen molar-refractivity contribution in [2.75, 3.05) is 40.0 Å². The van der Waals surface area contributed by atoms with Gasteiger partial charge in [0.1, 0.15) is 0 Å².